The number of benzene rings is 2. The Bertz CT molecular complexity index is 904. The molecule has 1 aliphatic heterocycles. The van der Waals surface area contributed by atoms with Crippen molar-refractivity contribution >= 4 is 17.8 Å². The van der Waals surface area contributed by atoms with Crippen LogP contribution in [-0.2, 0) is 19.0 Å². The van der Waals surface area contributed by atoms with Crippen molar-refractivity contribution in [2.45, 2.75) is 37.6 Å². The summed E-state index contributed by atoms with van der Waals surface area (Å²) in [5.41, 5.74) is 0.452. The minimum Gasteiger partial charge on any atom is -0.452 e. The third kappa shape index (κ3) is 5.46. The normalized spacial score (nSPS) is 25.3. The number of aliphatic hydroxyl groups excluding tert-OH is 2. The van der Waals surface area contributed by atoms with Gasteiger partial charge in [-0.3, -0.25) is 4.79 Å². The first-order valence-corrected chi connectivity index (χ1v) is 9.64. The van der Waals surface area contributed by atoms with Crippen LogP contribution in [-0.4, -0.2) is 65.3 Å². The van der Waals surface area contributed by atoms with Crippen LogP contribution < -0.4 is 5.32 Å². The number of carbonyl (C=O) groups excluding carboxylic acids is 3. The van der Waals surface area contributed by atoms with E-state index in [2.05, 4.69) is 5.32 Å². The molecule has 9 heteroatoms. The summed E-state index contributed by atoms with van der Waals surface area (Å²) in [5.74, 6) is -2.03. The number of nitrogens with one attached hydrogen (secondary N) is 1. The van der Waals surface area contributed by atoms with Gasteiger partial charge >= 0.3 is 11.9 Å². The molecule has 1 saturated heterocycles. The van der Waals surface area contributed by atoms with E-state index in [9.17, 15) is 24.6 Å². The monoisotopic (exact) mass is 429 g/mol. The van der Waals surface area contributed by atoms with Gasteiger partial charge in [0.15, 0.2) is 18.5 Å². The van der Waals surface area contributed by atoms with Gasteiger partial charge in [-0.25, -0.2) is 9.59 Å². The highest BCUT2D eigenvalue weighted by Crippen LogP contribution is 2.27. The lowest BCUT2D eigenvalue weighted by Gasteiger charge is -2.43. The van der Waals surface area contributed by atoms with Crippen molar-refractivity contribution in [3.05, 3.63) is 71.8 Å². The van der Waals surface area contributed by atoms with Crippen LogP contribution in [0.5, 0.6) is 0 Å². The maximum atomic E-state index is 12.7. The fourth-order valence-electron chi connectivity index (χ4n) is 3.27. The zero-order valence-corrected chi connectivity index (χ0v) is 16.7. The second kappa shape index (κ2) is 10.2. The predicted octanol–water partition coefficient (Wildman–Crippen LogP) is 0.652. The Labute approximate surface area is 178 Å². The Kier molecular flexibility index (Phi) is 7.35. The topological polar surface area (TPSA) is 131 Å². The molecule has 3 rings (SSSR count). The summed E-state index contributed by atoms with van der Waals surface area (Å²) >= 11 is 0. The summed E-state index contributed by atoms with van der Waals surface area (Å²) in [6.07, 6.45) is -5.43. The minimum absolute atomic E-state index is 0.221. The summed E-state index contributed by atoms with van der Waals surface area (Å²) in [4.78, 5) is 37.0. The van der Waals surface area contributed by atoms with Crippen LogP contribution in [0.1, 0.15) is 27.6 Å². The molecule has 1 heterocycles. The maximum absolute atomic E-state index is 12.7. The minimum atomic E-state index is -1.61. The van der Waals surface area contributed by atoms with Gasteiger partial charge < -0.3 is 29.7 Å². The van der Waals surface area contributed by atoms with E-state index in [1.165, 1.54) is 31.2 Å². The number of amides is 1. The molecule has 9 nitrogen and oxygen atoms in total. The van der Waals surface area contributed by atoms with Gasteiger partial charge in [-0.05, 0) is 24.3 Å². The number of hydrogen-bond acceptors (Lipinski definition) is 8. The fraction of sp³-hybridized carbons (Fsp3) is 0.318. The molecule has 0 radical (unpaired) electrons. The molecule has 0 spiro atoms. The summed E-state index contributed by atoms with van der Waals surface area (Å²) in [6.45, 7) is 0.585. The molecule has 0 aromatic heterocycles. The van der Waals surface area contributed by atoms with Crippen molar-refractivity contribution in [1.29, 1.82) is 0 Å². The average molecular weight is 429 g/mol. The first-order chi connectivity index (χ1) is 14.9. The van der Waals surface area contributed by atoms with E-state index in [4.69, 9.17) is 14.2 Å². The Morgan fingerprint density at radius 1 is 0.903 bits per heavy atom. The van der Waals surface area contributed by atoms with E-state index < -0.39 is 55.1 Å². The van der Waals surface area contributed by atoms with E-state index in [-0.39, 0.29) is 11.1 Å². The molecule has 2 aromatic rings. The fourth-order valence-corrected chi connectivity index (χ4v) is 3.27. The highest BCUT2D eigenvalue weighted by atomic mass is 16.7. The first kappa shape index (κ1) is 22.4. The van der Waals surface area contributed by atoms with Crippen LogP contribution in [0.2, 0.25) is 0 Å². The molecular weight excluding hydrogens is 406 g/mol. The summed E-state index contributed by atoms with van der Waals surface area (Å²) in [7, 11) is 0. The number of aliphatic hydroxyl groups is 2. The molecule has 164 valence electrons. The smallest absolute Gasteiger partial charge is 0.338 e. The molecule has 0 bridgehead atoms. The molecule has 1 unspecified atom stereocenters. The first-order valence-electron chi connectivity index (χ1n) is 9.64. The largest absolute Gasteiger partial charge is 0.452 e. The molecule has 3 N–H and O–H groups in total. The van der Waals surface area contributed by atoms with Gasteiger partial charge in [0.25, 0.3) is 0 Å². The second-order valence-corrected chi connectivity index (χ2v) is 6.95. The third-order valence-electron chi connectivity index (χ3n) is 4.72. The van der Waals surface area contributed by atoms with E-state index in [0.717, 1.165) is 0 Å². The highest BCUT2D eigenvalue weighted by molar-refractivity contribution is 5.90. The van der Waals surface area contributed by atoms with Crippen molar-refractivity contribution in [3.8, 4) is 0 Å². The van der Waals surface area contributed by atoms with Gasteiger partial charge in [-0.1, -0.05) is 36.4 Å². The number of ether oxygens (including phenoxy) is 3. The lowest BCUT2D eigenvalue weighted by atomic mass is 9.96. The van der Waals surface area contributed by atoms with Gasteiger partial charge in [0, 0.05) is 6.92 Å². The van der Waals surface area contributed by atoms with Crippen molar-refractivity contribution in [3.63, 3.8) is 0 Å². The molecular formula is C22H23NO8. The van der Waals surface area contributed by atoms with Gasteiger partial charge in [0.2, 0.25) is 5.91 Å². The summed E-state index contributed by atoms with van der Waals surface area (Å²) < 4.78 is 16.4. The number of rotatable bonds is 6. The van der Waals surface area contributed by atoms with Crippen LogP contribution >= 0.6 is 0 Å². The standard InChI is InChI=1S/C22H23NO8/c1-13(25)23-17-19(31-21(27)15-10-6-3-7-11-15)18(16(12-24)29-22(17)28)30-20(26)14-8-4-2-5-9-14/h2-11,16-19,22,24,28H,12H2,1H3,(H,23,25)/t16-,17-,18-,19-,22?/m1/s1. The number of hydrogen-bond donors (Lipinski definition) is 3. The molecule has 1 amide bonds. The Hall–Kier alpha value is -3.27. The van der Waals surface area contributed by atoms with Gasteiger partial charge in [0.1, 0.15) is 12.1 Å². The average Bonchev–Trinajstić information content (AvgIpc) is 2.78. The van der Waals surface area contributed by atoms with Crippen molar-refractivity contribution in [2.24, 2.45) is 0 Å². The van der Waals surface area contributed by atoms with Gasteiger partial charge in [-0.15, -0.1) is 0 Å². The van der Waals surface area contributed by atoms with E-state index in [1.807, 2.05) is 0 Å². The Balaban J connectivity index is 1.92. The van der Waals surface area contributed by atoms with Crippen molar-refractivity contribution < 1.29 is 38.8 Å². The Morgan fingerprint density at radius 2 is 1.39 bits per heavy atom. The SMILES string of the molecule is CC(=O)N[C@H]1C(O)O[C@H](CO)[C@@H](OC(=O)c2ccccc2)[C@@H]1OC(=O)c1ccccc1. The zero-order chi connectivity index (χ0) is 22.4. The van der Waals surface area contributed by atoms with Crippen LogP contribution in [0.25, 0.3) is 0 Å². The number of carbonyl (C=O) groups is 3. The molecule has 0 aliphatic carbocycles. The molecule has 1 fully saturated rings. The molecule has 5 atom stereocenters. The quantitative estimate of drug-likeness (QED) is 0.571. The zero-order valence-electron chi connectivity index (χ0n) is 16.7. The molecule has 1 aliphatic rings. The van der Waals surface area contributed by atoms with Crippen LogP contribution in [0.15, 0.2) is 60.7 Å². The maximum Gasteiger partial charge on any atom is 0.338 e. The summed E-state index contributed by atoms with van der Waals surface area (Å²) in [5, 5.41) is 22.6. The van der Waals surface area contributed by atoms with E-state index >= 15 is 0 Å². The molecule has 31 heavy (non-hydrogen) atoms. The van der Waals surface area contributed by atoms with Crippen molar-refractivity contribution in [1.82, 2.24) is 5.32 Å². The molecule has 2 aromatic carbocycles. The van der Waals surface area contributed by atoms with Crippen LogP contribution in [0.3, 0.4) is 0 Å². The number of esters is 2. The van der Waals surface area contributed by atoms with E-state index in [1.54, 1.807) is 36.4 Å². The van der Waals surface area contributed by atoms with E-state index in [0.29, 0.717) is 0 Å². The Morgan fingerprint density at radius 3 is 1.84 bits per heavy atom. The van der Waals surface area contributed by atoms with Crippen molar-refractivity contribution in [2.75, 3.05) is 6.61 Å². The third-order valence-corrected chi connectivity index (χ3v) is 4.72. The lowest BCUT2D eigenvalue weighted by Crippen LogP contribution is -2.66. The second-order valence-electron chi connectivity index (χ2n) is 6.95. The summed E-state index contributed by atoms with van der Waals surface area (Å²) in [6, 6.07) is 14.9. The molecule has 0 saturated carbocycles. The van der Waals surface area contributed by atoms with Gasteiger partial charge in [-0.2, -0.15) is 0 Å². The van der Waals surface area contributed by atoms with Crippen LogP contribution in [0, 0.1) is 0 Å². The lowest BCUT2D eigenvalue weighted by molar-refractivity contribution is -0.253. The van der Waals surface area contributed by atoms with Gasteiger partial charge in [0.05, 0.1) is 17.7 Å². The highest BCUT2D eigenvalue weighted by Gasteiger charge is 2.50. The van der Waals surface area contributed by atoms with Crippen LogP contribution in [0.4, 0.5) is 0 Å². The predicted molar refractivity (Wildman–Crippen MR) is 107 cm³/mol.